The van der Waals surface area contributed by atoms with Gasteiger partial charge in [0.25, 0.3) is 5.91 Å². The summed E-state index contributed by atoms with van der Waals surface area (Å²) in [5.41, 5.74) is 5.64. The van der Waals surface area contributed by atoms with E-state index in [1.165, 1.54) is 7.11 Å². The SMILES string of the molecule is COc1nc(-c2ccnc(-c3cccc(NC(=O)c4ccc(CNCCO)cn4)c3C)c2Cl)cnc1CNC[C@@H]1CCC(=O)N1. The number of rotatable bonds is 13. The van der Waals surface area contributed by atoms with Crippen LogP contribution in [0.25, 0.3) is 22.5 Å². The summed E-state index contributed by atoms with van der Waals surface area (Å²) in [5.74, 6) is 0.101. The van der Waals surface area contributed by atoms with Crippen molar-refractivity contribution < 1.29 is 19.4 Å². The number of hydrogen-bond donors (Lipinski definition) is 5. The van der Waals surface area contributed by atoms with Gasteiger partial charge in [-0.15, -0.1) is 0 Å². The summed E-state index contributed by atoms with van der Waals surface area (Å²) in [4.78, 5) is 42.6. The molecule has 4 aromatic rings. The number of nitrogens with zero attached hydrogens (tertiary/aromatic N) is 4. The van der Waals surface area contributed by atoms with Crippen molar-refractivity contribution in [2.45, 2.75) is 38.9 Å². The molecule has 1 saturated heterocycles. The van der Waals surface area contributed by atoms with Gasteiger partial charge >= 0.3 is 0 Å². The van der Waals surface area contributed by atoms with Crippen LogP contribution in [-0.4, -0.2) is 69.7 Å². The molecule has 12 nitrogen and oxygen atoms in total. The minimum atomic E-state index is -0.345. The highest BCUT2D eigenvalue weighted by Crippen LogP contribution is 2.37. The third-order valence-electron chi connectivity index (χ3n) is 7.45. The smallest absolute Gasteiger partial charge is 0.274 e. The molecule has 45 heavy (non-hydrogen) atoms. The number of aliphatic hydroxyl groups excluding tert-OH is 1. The lowest BCUT2D eigenvalue weighted by Gasteiger charge is -2.15. The molecule has 5 N–H and O–H groups in total. The molecular formula is C32H35ClN8O4. The first-order chi connectivity index (χ1) is 21.9. The molecule has 4 heterocycles. The number of anilines is 1. The van der Waals surface area contributed by atoms with Crippen LogP contribution in [0.3, 0.4) is 0 Å². The average molecular weight is 631 g/mol. The number of aliphatic hydroxyl groups is 1. The minimum Gasteiger partial charge on any atom is -0.480 e. The standard InChI is InChI=1S/C32H35ClN8O4/c1-19-22(4-3-5-24(19)40-31(44)25-8-6-20(15-37-25)14-34-12-13-42)30-29(33)23(10-11-36-30)26-18-38-27(32(41-26)45-2)17-35-16-21-7-9-28(43)39-21/h3-6,8,10-11,15,18,21,34-35,42H,7,9,12-14,16-17H2,1-2H3,(H,39,43)(H,40,44)/t21-/m0/s1. The van der Waals surface area contributed by atoms with E-state index >= 15 is 0 Å². The van der Waals surface area contributed by atoms with Gasteiger partial charge < -0.3 is 31.1 Å². The second kappa shape index (κ2) is 15.0. The van der Waals surface area contributed by atoms with E-state index in [4.69, 9.17) is 21.4 Å². The van der Waals surface area contributed by atoms with Gasteiger partial charge in [-0.1, -0.05) is 29.8 Å². The number of ether oxygens (including phenoxy) is 1. The number of pyridine rings is 2. The Labute approximate surface area is 266 Å². The Hall–Kier alpha value is -4.49. The number of nitrogens with one attached hydrogen (secondary N) is 4. The van der Waals surface area contributed by atoms with Crippen LogP contribution in [0.1, 0.15) is 40.2 Å². The fraction of sp³-hybridized carbons (Fsp3) is 0.312. The zero-order valence-corrected chi connectivity index (χ0v) is 25.8. The maximum Gasteiger partial charge on any atom is 0.274 e. The second-order valence-corrected chi connectivity index (χ2v) is 10.9. The van der Waals surface area contributed by atoms with Gasteiger partial charge in [0, 0.05) is 67.8 Å². The van der Waals surface area contributed by atoms with E-state index in [-0.39, 0.29) is 30.2 Å². The van der Waals surface area contributed by atoms with Crippen molar-refractivity contribution in [3.63, 3.8) is 0 Å². The Morgan fingerprint density at radius 1 is 1.09 bits per heavy atom. The molecule has 0 radical (unpaired) electrons. The molecule has 1 fully saturated rings. The predicted octanol–water partition coefficient (Wildman–Crippen LogP) is 3.27. The van der Waals surface area contributed by atoms with Crippen LogP contribution < -0.4 is 26.0 Å². The van der Waals surface area contributed by atoms with E-state index in [0.29, 0.717) is 71.8 Å². The Kier molecular flexibility index (Phi) is 10.6. The highest BCUT2D eigenvalue weighted by Gasteiger charge is 2.21. The number of carbonyl (C=O) groups is 2. The number of benzene rings is 1. The average Bonchev–Trinajstić information content (AvgIpc) is 3.47. The summed E-state index contributed by atoms with van der Waals surface area (Å²) in [6, 6.07) is 10.9. The van der Waals surface area contributed by atoms with E-state index in [1.807, 2.05) is 31.2 Å². The zero-order chi connectivity index (χ0) is 31.8. The number of hydrogen-bond acceptors (Lipinski definition) is 10. The largest absolute Gasteiger partial charge is 0.480 e. The van der Waals surface area contributed by atoms with E-state index < -0.39 is 0 Å². The van der Waals surface area contributed by atoms with Crippen LogP contribution in [0, 0.1) is 6.92 Å². The second-order valence-electron chi connectivity index (χ2n) is 10.6. The third kappa shape index (κ3) is 7.78. The zero-order valence-electron chi connectivity index (χ0n) is 25.1. The van der Waals surface area contributed by atoms with Crippen molar-refractivity contribution >= 4 is 29.1 Å². The molecule has 2 amide bonds. The van der Waals surface area contributed by atoms with E-state index in [1.54, 1.807) is 30.7 Å². The van der Waals surface area contributed by atoms with Crippen molar-refractivity contribution in [2.75, 3.05) is 32.1 Å². The summed E-state index contributed by atoms with van der Waals surface area (Å²) in [6.45, 7) is 4.03. The van der Waals surface area contributed by atoms with Crippen LogP contribution in [0.5, 0.6) is 5.88 Å². The predicted molar refractivity (Wildman–Crippen MR) is 171 cm³/mol. The first-order valence-electron chi connectivity index (χ1n) is 14.6. The lowest BCUT2D eigenvalue weighted by Crippen LogP contribution is -2.35. The molecule has 1 atom stereocenters. The highest BCUT2D eigenvalue weighted by atomic mass is 35.5. The van der Waals surface area contributed by atoms with Crippen molar-refractivity contribution in [1.29, 1.82) is 0 Å². The van der Waals surface area contributed by atoms with Gasteiger partial charge in [-0.25, -0.2) is 4.98 Å². The fourth-order valence-electron chi connectivity index (χ4n) is 5.03. The lowest BCUT2D eigenvalue weighted by atomic mass is 10.0. The Morgan fingerprint density at radius 3 is 2.69 bits per heavy atom. The Bertz CT molecular complexity index is 1670. The molecule has 5 rings (SSSR count). The topological polar surface area (TPSA) is 163 Å². The monoisotopic (exact) mass is 630 g/mol. The molecule has 0 aliphatic carbocycles. The van der Waals surface area contributed by atoms with Gasteiger partial charge in [0.05, 0.1) is 36.3 Å². The maximum absolute atomic E-state index is 13.0. The molecule has 0 unspecified atom stereocenters. The highest BCUT2D eigenvalue weighted by molar-refractivity contribution is 6.35. The molecule has 1 aromatic carbocycles. The molecular weight excluding hydrogens is 596 g/mol. The van der Waals surface area contributed by atoms with Gasteiger partial charge in [0.15, 0.2) is 0 Å². The van der Waals surface area contributed by atoms with Crippen LogP contribution in [0.4, 0.5) is 5.69 Å². The van der Waals surface area contributed by atoms with Crippen LogP contribution in [0.15, 0.2) is 55.0 Å². The van der Waals surface area contributed by atoms with Gasteiger partial charge in [-0.3, -0.25) is 24.5 Å². The lowest BCUT2D eigenvalue weighted by molar-refractivity contribution is -0.119. The van der Waals surface area contributed by atoms with Crippen molar-refractivity contribution in [3.8, 4) is 28.4 Å². The normalized spacial score (nSPS) is 14.3. The molecule has 0 spiro atoms. The van der Waals surface area contributed by atoms with Gasteiger partial charge in [-0.2, -0.15) is 0 Å². The van der Waals surface area contributed by atoms with Gasteiger partial charge in [0.2, 0.25) is 11.8 Å². The van der Waals surface area contributed by atoms with Crippen LogP contribution in [0.2, 0.25) is 5.02 Å². The van der Waals surface area contributed by atoms with Crippen LogP contribution >= 0.6 is 11.6 Å². The third-order valence-corrected chi connectivity index (χ3v) is 7.83. The molecule has 1 aliphatic heterocycles. The van der Waals surface area contributed by atoms with Crippen molar-refractivity contribution in [3.05, 3.63) is 82.5 Å². The quantitative estimate of drug-likeness (QED) is 0.139. The molecule has 0 saturated carbocycles. The molecule has 234 valence electrons. The molecule has 0 bridgehead atoms. The maximum atomic E-state index is 13.0. The summed E-state index contributed by atoms with van der Waals surface area (Å²) in [7, 11) is 1.54. The first kappa shape index (κ1) is 31.9. The summed E-state index contributed by atoms with van der Waals surface area (Å²) >= 11 is 6.93. The number of halogens is 1. The van der Waals surface area contributed by atoms with E-state index in [9.17, 15) is 9.59 Å². The number of methoxy groups -OCH3 is 1. The number of carbonyl (C=O) groups excluding carboxylic acids is 2. The van der Waals surface area contributed by atoms with Gasteiger partial charge in [0.1, 0.15) is 11.4 Å². The number of amides is 2. The Balaban J connectivity index is 1.32. The summed E-state index contributed by atoms with van der Waals surface area (Å²) in [6.07, 6.45) is 6.29. The van der Waals surface area contributed by atoms with E-state index in [0.717, 1.165) is 23.1 Å². The van der Waals surface area contributed by atoms with Crippen LogP contribution in [-0.2, 0) is 17.9 Å². The molecule has 1 aliphatic rings. The van der Waals surface area contributed by atoms with E-state index in [2.05, 4.69) is 41.2 Å². The Morgan fingerprint density at radius 2 is 1.96 bits per heavy atom. The molecule has 3 aromatic heterocycles. The van der Waals surface area contributed by atoms with Crippen molar-refractivity contribution in [1.82, 2.24) is 35.9 Å². The fourth-order valence-corrected chi connectivity index (χ4v) is 5.34. The van der Waals surface area contributed by atoms with Gasteiger partial charge in [-0.05, 0) is 42.7 Å². The summed E-state index contributed by atoms with van der Waals surface area (Å²) < 4.78 is 5.54. The number of aromatic nitrogens is 4. The summed E-state index contributed by atoms with van der Waals surface area (Å²) in [5, 5.41) is 21.6. The first-order valence-corrected chi connectivity index (χ1v) is 15.0. The van der Waals surface area contributed by atoms with Crippen molar-refractivity contribution in [2.24, 2.45) is 0 Å². The molecule has 13 heteroatoms. The minimum absolute atomic E-state index is 0.0516.